The summed E-state index contributed by atoms with van der Waals surface area (Å²) in [5.74, 6) is 0.896. The van der Waals surface area contributed by atoms with E-state index in [1.54, 1.807) is 25.1 Å². The van der Waals surface area contributed by atoms with Crippen LogP contribution in [0.1, 0.15) is 12.0 Å². The Balaban J connectivity index is 2.16. The average molecular weight is 436 g/mol. The van der Waals surface area contributed by atoms with Gasteiger partial charge in [0, 0.05) is 24.8 Å². The van der Waals surface area contributed by atoms with E-state index in [0.717, 1.165) is 5.56 Å². The molecule has 0 unspecified atom stereocenters. The molecule has 0 fully saturated rings. The lowest BCUT2D eigenvalue weighted by molar-refractivity contribution is 0.329. The van der Waals surface area contributed by atoms with E-state index in [0.29, 0.717) is 17.9 Å². The normalized spacial score (nSPS) is 11.2. The summed E-state index contributed by atoms with van der Waals surface area (Å²) >= 11 is 0. The van der Waals surface area contributed by atoms with Crippen LogP contribution < -0.4 is 29.9 Å². The Labute approximate surface area is 175 Å². The van der Waals surface area contributed by atoms with Crippen LogP contribution in [0.15, 0.2) is 51.5 Å². The number of ether oxygens (including phenoxy) is 3. The molecule has 2 aromatic rings. The maximum absolute atomic E-state index is 12.8. The summed E-state index contributed by atoms with van der Waals surface area (Å²) in [7, 11) is -1.38. The molecule has 0 spiro atoms. The topological polar surface area (TPSA) is 148 Å². The molecule has 0 saturated heterocycles. The van der Waals surface area contributed by atoms with Gasteiger partial charge in [-0.15, -0.1) is 5.10 Å². The SMILES string of the molecule is COc1ccc(OC)c(S(=O)(=O)Oc2cc(C)cc(OCC/C=N\N=C(N)N)c2)c1. The molecule has 0 radical (unpaired) electrons. The Bertz CT molecular complexity index is 1030. The molecule has 0 saturated carbocycles. The molecule has 0 aromatic heterocycles. The second kappa shape index (κ2) is 10.3. The van der Waals surface area contributed by atoms with Gasteiger partial charge in [0.05, 0.1) is 20.8 Å². The minimum atomic E-state index is -4.18. The molecule has 30 heavy (non-hydrogen) atoms. The second-order valence-corrected chi connectivity index (χ2v) is 7.51. The first-order chi connectivity index (χ1) is 14.2. The van der Waals surface area contributed by atoms with Gasteiger partial charge in [0.15, 0.2) is 4.90 Å². The summed E-state index contributed by atoms with van der Waals surface area (Å²) < 4.78 is 46.8. The first-order valence-corrected chi connectivity index (χ1v) is 10.2. The number of aryl methyl sites for hydroxylation is 1. The Morgan fingerprint density at radius 1 is 1.03 bits per heavy atom. The van der Waals surface area contributed by atoms with Crippen molar-refractivity contribution in [1.82, 2.24) is 0 Å². The fourth-order valence-corrected chi connectivity index (χ4v) is 3.49. The number of nitrogens with two attached hydrogens (primary N) is 2. The van der Waals surface area contributed by atoms with E-state index in [-0.39, 0.29) is 29.0 Å². The van der Waals surface area contributed by atoms with Crippen molar-refractivity contribution in [1.29, 1.82) is 0 Å². The molecule has 11 heteroatoms. The van der Waals surface area contributed by atoms with Crippen molar-refractivity contribution in [3.05, 3.63) is 42.0 Å². The highest BCUT2D eigenvalue weighted by Crippen LogP contribution is 2.32. The molecule has 2 aromatic carbocycles. The third-order valence-electron chi connectivity index (χ3n) is 3.64. The first kappa shape index (κ1) is 22.8. The largest absolute Gasteiger partial charge is 0.497 e. The molecule has 0 aliphatic rings. The number of rotatable bonds is 10. The maximum Gasteiger partial charge on any atom is 0.343 e. The van der Waals surface area contributed by atoms with Crippen LogP contribution in [0.4, 0.5) is 0 Å². The van der Waals surface area contributed by atoms with E-state index in [2.05, 4.69) is 10.2 Å². The number of hydrogen-bond acceptors (Lipinski definition) is 8. The predicted octanol–water partition coefficient (Wildman–Crippen LogP) is 1.81. The Hall–Kier alpha value is -3.47. The van der Waals surface area contributed by atoms with Crippen LogP contribution in [0.25, 0.3) is 0 Å². The van der Waals surface area contributed by atoms with E-state index in [4.69, 9.17) is 29.9 Å². The van der Waals surface area contributed by atoms with Crippen LogP contribution in [0.3, 0.4) is 0 Å². The number of guanidine groups is 1. The lowest BCUT2D eigenvalue weighted by atomic mass is 10.2. The molecule has 162 valence electrons. The first-order valence-electron chi connectivity index (χ1n) is 8.76. The Kier molecular flexibility index (Phi) is 7.87. The highest BCUT2D eigenvalue weighted by atomic mass is 32.2. The predicted molar refractivity (Wildman–Crippen MR) is 113 cm³/mol. The van der Waals surface area contributed by atoms with Crippen molar-refractivity contribution in [3.63, 3.8) is 0 Å². The third kappa shape index (κ3) is 6.55. The minimum absolute atomic E-state index is 0.101. The third-order valence-corrected chi connectivity index (χ3v) is 4.91. The quantitative estimate of drug-likeness (QED) is 0.188. The molecule has 0 aliphatic heterocycles. The lowest BCUT2D eigenvalue weighted by Gasteiger charge is -2.13. The number of methoxy groups -OCH3 is 2. The van der Waals surface area contributed by atoms with Gasteiger partial charge in [-0.25, -0.2) is 0 Å². The van der Waals surface area contributed by atoms with Crippen LogP contribution in [0.2, 0.25) is 0 Å². The zero-order valence-electron chi connectivity index (χ0n) is 16.9. The van der Waals surface area contributed by atoms with Gasteiger partial charge >= 0.3 is 10.1 Å². The number of hydrogen-bond donors (Lipinski definition) is 2. The maximum atomic E-state index is 12.8. The molecule has 0 aliphatic carbocycles. The number of nitrogens with zero attached hydrogens (tertiary/aromatic N) is 2. The van der Waals surface area contributed by atoms with Gasteiger partial charge in [0.2, 0.25) is 5.96 Å². The number of benzene rings is 2. The van der Waals surface area contributed by atoms with Crippen molar-refractivity contribution in [2.24, 2.45) is 21.7 Å². The van der Waals surface area contributed by atoms with E-state index in [1.807, 2.05) is 0 Å². The highest BCUT2D eigenvalue weighted by molar-refractivity contribution is 7.87. The minimum Gasteiger partial charge on any atom is -0.497 e. The van der Waals surface area contributed by atoms with Crippen LogP contribution in [-0.4, -0.2) is 41.4 Å². The van der Waals surface area contributed by atoms with Crippen LogP contribution in [0, 0.1) is 6.92 Å². The molecule has 0 heterocycles. The Morgan fingerprint density at radius 3 is 2.43 bits per heavy atom. The van der Waals surface area contributed by atoms with Gasteiger partial charge in [-0.1, -0.05) is 0 Å². The van der Waals surface area contributed by atoms with E-state index in [9.17, 15) is 8.42 Å². The average Bonchev–Trinajstić information content (AvgIpc) is 2.69. The van der Waals surface area contributed by atoms with Gasteiger partial charge in [0.25, 0.3) is 0 Å². The monoisotopic (exact) mass is 436 g/mol. The summed E-state index contributed by atoms with van der Waals surface area (Å²) in [6, 6.07) is 9.22. The summed E-state index contributed by atoms with van der Waals surface area (Å²) in [4.78, 5) is -0.149. The van der Waals surface area contributed by atoms with Gasteiger partial charge in [0.1, 0.15) is 23.0 Å². The van der Waals surface area contributed by atoms with Gasteiger partial charge < -0.3 is 29.9 Å². The zero-order chi connectivity index (χ0) is 22.1. The summed E-state index contributed by atoms with van der Waals surface area (Å²) in [5, 5.41) is 7.13. The molecule has 0 bridgehead atoms. The highest BCUT2D eigenvalue weighted by Gasteiger charge is 2.23. The van der Waals surface area contributed by atoms with Crippen molar-refractivity contribution < 1.29 is 26.8 Å². The zero-order valence-corrected chi connectivity index (χ0v) is 17.7. The van der Waals surface area contributed by atoms with Gasteiger partial charge in [-0.05, 0) is 36.8 Å². The molecule has 2 rings (SSSR count). The van der Waals surface area contributed by atoms with E-state index in [1.165, 1.54) is 38.6 Å². The molecular formula is C19H24N4O6S. The smallest absolute Gasteiger partial charge is 0.343 e. The van der Waals surface area contributed by atoms with Crippen LogP contribution in [-0.2, 0) is 10.1 Å². The standard InChI is InChI=1S/C19H24N4O6S/c1-13-9-15(28-8-4-7-22-23-19(20)21)11-16(10-13)29-30(24,25)18-12-14(26-2)5-6-17(18)27-3/h5-7,9-12H,4,8H2,1-3H3,(H4,20,21,23)/b22-7-. The lowest BCUT2D eigenvalue weighted by Crippen LogP contribution is -2.21. The van der Waals surface area contributed by atoms with Gasteiger partial charge in [-0.3, -0.25) is 0 Å². The molecule has 10 nitrogen and oxygen atoms in total. The molecule has 0 atom stereocenters. The summed E-state index contributed by atoms with van der Waals surface area (Å²) in [6.45, 7) is 2.07. The van der Waals surface area contributed by atoms with Crippen molar-refractivity contribution in [3.8, 4) is 23.0 Å². The summed E-state index contributed by atoms with van der Waals surface area (Å²) in [5.41, 5.74) is 11.1. The molecular weight excluding hydrogens is 412 g/mol. The summed E-state index contributed by atoms with van der Waals surface area (Å²) in [6.07, 6.45) is 1.94. The second-order valence-electron chi connectivity index (χ2n) is 6.00. The van der Waals surface area contributed by atoms with E-state index >= 15 is 0 Å². The fourth-order valence-electron chi connectivity index (χ4n) is 2.39. The molecule has 0 amide bonds. The van der Waals surface area contributed by atoms with Crippen LogP contribution in [0.5, 0.6) is 23.0 Å². The van der Waals surface area contributed by atoms with Gasteiger partial charge in [-0.2, -0.15) is 13.5 Å². The molecule has 4 N–H and O–H groups in total. The van der Waals surface area contributed by atoms with Crippen LogP contribution >= 0.6 is 0 Å². The van der Waals surface area contributed by atoms with E-state index < -0.39 is 10.1 Å². The van der Waals surface area contributed by atoms with Crippen molar-refractivity contribution in [2.75, 3.05) is 20.8 Å². The fraction of sp³-hybridized carbons (Fsp3) is 0.263. The van der Waals surface area contributed by atoms with Crippen molar-refractivity contribution in [2.45, 2.75) is 18.2 Å². The Morgan fingerprint density at radius 2 is 1.77 bits per heavy atom. The van der Waals surface area contributed by atoms with Crippen molar-refractivity contribution >= 4 is 22.3 Å².